The summed E-state index contributed by atoms with van der Waals surface area (Å²) in [5.74, 6) is 0.744. The minimum absolute atomic E-state index is 0.424. The summed E-state index contributed by atoms with van der Waals surface area (Å²) in [6.07, 6.45) is 0. The van der Waals surface area contributed by atoms with Crippen molar-refractivity contribution in [3.63, 3.8) is 0 Å². The summed E-state index contributed by atoms with van der Waals surface area (Å²) in [4.78, 5) is 4.14. The lowest BCUT2D eigenvalue weighted by atomic mass is 10.2. The maximum absolute atomic E-state index is 5.98. The Hall–Kier alpha value is -0.990. The zero-order valence-corrected chi connectivity index (χ0v) is 8.93. The lowest BCUT2D eigenvalue weighted by Crippen LogP contribution is -1.87. The van der Waals surface area contributed by atoms with E-state index in [0.29, 0.717) is 15.7 Å². The van der Waals surface area contributed by atoms with Gasteiger partial charge in [-0.3, -0.25) is 0 Å². The number of halogens is 2. The molecule has 0 spiro atoms. The van der Waals surface area contributed by atoms with Gasteiger partial charge in [-0.1, -0.05) is 23.2 Å². The van der Waals surface area contributed by atoms with Gasteiger partial charge in [0, 0.05) is 5.39 Å². The summed E-state index contributed by atoms with van der Waals surface area (Å²) in [6, 6.07) is 7.10. The average molecular weight is 228 g/mol. The fourth-order valence-electron chi connectivity index (χ4n) is 1.31. The highest BCUT2D eigenvalue weighted by Crippen LogP contribution is 2.30. The van der Waals surface area contributed by atoms with E-state index in [1.807, 2.05) is 6.07 Å². The van der Waals surface area contributed by atoms with Crippen LogP contribution in [-0.2, 0) is 0 Å². The van der Waals surface area contributed by atoms with Crippen molar-refractivity contribution in [2.45, 2.75) is 0 Å². The van der Waals surface area contributed by atoms with E-state index < -0.39 is 0 Å². The smallest absolute Gasteiger partial charge is 0.129 e. The molecule has 0 aliphatic heterocycles. The SMILES string of the molecule is COc1ccc(Cl)c2nc(Cl)ccc12. The Bertz CT molecular complexity index is 485. The molecule has 0 bridgehead atoms. The molecule has 4 heteroatoms. The van der Waals surface area contributed by atoms with Crippen molar-refractivity contribution in [1.29, 1.82) is 0 Å². The number of fused-ring (bicyclic) bond motifs is 1. The third-order valence-electron chi connectivity index (χ3n) is 1.95. The van der Waals surface area contributed by atoms with Gasteiger partial charge in [-0.25, -0.2) is 4.98 Å². The maximum atomic E-state index is 5.98. The molecule has 0 unspecified atom stereocenters. The zero-order valence-electron chi connectivity index (χ0n) is 7.42. The monoisotopic (exact) mass is 227 g/mol. The quantitative estimate of drug-likeness (QED) is 0.696. The van der Waals surface area contributed by atoms with Gasteiger partial charge >= 0.3 is 0 Å². The van der Waals surface area contributed by atoms with Crippen LogP contribution >= 0.6 is 23.2 Å². The van der Waals surface area contributed by atoms with Gasteiger partial charge in [0.1, 0.15) is 10.9 Å². The molecule has 0 saturated heterocycles. The number of pyridine rings is 1. The number of hydrogen-bond acceptors (Lipinski definition) is 2. The number of hydrogen-bond donors (Lipinski definition) is 0. The van der Waals surface area contributed by atoms with Gasteiger partial charge in [-0.2, -0.15) is 0 Å². The Labute approximate surface area is 91.4 Å². The van der Waals surface area contributed by atoms with Crippen molar-refractivity contribution >= 4 is 34.1 Å². The minimum Gasteiger partial charge on any atom is -0.496 e. The summed E-state index contributed by atoms with van der Waals surface area (Å²) >= 11 is 11.8. The fraction of sp³-hybridized carbons (Fsp3) is 0.100. The first-order valence-electron chi connectivity index (χ1n) is 4.01. The molecule has 0 N–H and O–H groups in total. The van der Waals surface area contributed by atoms with Crippen LogP contribution in [0.3, 0.4) is 0 Å². The first kappa shape index (κ1) is 9.56. The molecular formula is C10H7Cl2NO. The number of methoxy groups -OCH3 is 1. The molecule has 14 heavy (non-hydrogen) atoms. The number of aromatic nitrogens is 1. The molecule has 2 nitrogen and oxygen atoms in total. The van der Waals surface area contributed by atoms with Crippen molar-refractivity contribution in [1.82, 2.24) is 4.98 Å². The van der Waals surface area contributed by atoms with Gasteiger partial charge in [-0.15, -0.1) is 0 Å². The molecule has 1 heterocycles. The van der Waals surface area contributed by atoms with Gasteiger partial charge in [0.15, 0.2) is 0 Å². The molecule has 2 aromatic rings. The highest BCUT2D eigenvalue weighted by Gasteiger charge is 2.06. The largest absolute Gasteiger partial charge is 0.496 e. The summed E-state index contributed by atoms with van der Waals surface area (Å²) in [5, 5.41) is 1.86. The van der Waals surface area contributed by atoms with Crippen LogP contribution in [-0.4, -0.2) is 12.1 Å². The van der Waals surface area contributed by atoms with Crippen molar-refractivity contribution in [3.05, 3.63) is 34.4 Å². The second kappa shape index (κ2) is 3.64. The number of nitrogens with zero attached hydrogens (tertiary/aromatic N) is 1. The topological polar surface area (TPSA) is 22.1 Å². The number of rotatable bonds is 1. The van der Waals surface area contributed by atoms with Gasteiger partial charge in [0.2, 0.25) is 0 Å². The van der Waals surface area contributed by atoms with Crippen molar-refractivity contribution in [2.75, 3.05) is 7.11 Å². The zero-order chi connectivity index (χ0) is 10.1. The lowest BCUT2D eigenvalue weighted by Gasteiger charge is -2.05. The summed E-state index contributed by atoms with van der Waals surface area (Å²) in [7, 11) is 1.61. The molecule has 0 radical (unpaired) electrons. The Kier molecular flexibility index (Phi) is 2.48. The van der Waals surface area contributed by atoms with Gasteiger partial charge in [-0.05, 0) is 24.3 Å². The molecule has 2 rings (SSSR count). The molecular weight excluding hydrogens is 221 g/mol. The number of benzene rings is 1. The second-order valence-corrected chi connectivity index (χ2v) is 3.57. The number of ether oxygens (including phenoxy) is 1. The molecule has 0 saturated carbocycles. The summed E-state index contributed by atoms with van der Waals surface area (Å²) < 4.78 is 5.18. The summed E-state index contributed by atoms with van der Waals surface area (Å²) in [5.41, 5.74) is 0.665. The van der Waals surface area contributed by atoms with E-state index in [-0.39, 0.29) is 0 Å². The van der Waals surface area contributed by atoms with Crippen LogP contribution in [0.4, 0.5) is 0 Å². The molecule has 1 aromatic carbocycles. The van der Waals surface area contributed by atoms with E-state index in [0.717, 1.165) is 11.1 Å². The molecule has 1 aromatic heterocycles. The van der Waals surface area contributed by atoms with Crippen molar-refractivity contribution < 1.29 is 4.74 Å². The fourth-order valence-corrected chi connectivity index (χ4v) is 1.67. The molecule has 72 valence electrons. The van der Waals surface area contributed by atoms with Crippen LogP contribution in [0.5, 0.6) is 5.75 Å². The van der Waals surface area contributed by atoms with Crippen LogP contribution in [0.1, 0.15) is 0 Å². The Balaban J connectivity index is 2.84. The lowest BCUT2D eigenvalue weighted by molar-refractivity contribution is 0.420. The maximum Gasteiger partial charge on any atom is 0.129 e. The standard InChI is InChI=1S/C10H7Cl2NO/c1-14-8-4-3-7(11)10-6(8)2-5-9(12)13-10/h2-5H,1H3. The molecule has 0 aliphatic carbocycles. The third kappa shape index (κ3) is 1.51. The predicted molar refractivity (Wildman–Crippen MR) is 58.3 cm³/mol. The van der Waals surface area contributed by atoms with E-state index in [4.69, 9.17) is 27.9 Å². The normalized spacial score (nSPS) is 10.5. The first-order valence-corrected chi connectivity index (χ1v) is 4.76. The Morgan fingerprint density at radius 1 is 1.14 bits per heavy atom. The average Bonchev–Trinajstić information content (AvgIpc) is 2.19. The summed E-state index contributed by atoms with van der Waals surface area (Å²) in [6.45, 7) is 0. The van der Waals surface area contributed by atoms with E-state index in [1.54, 1.807) is 25.3 Å². The van der Waals surface area contributed by atoms with Crippen LogP contribution in [0, 0.1) is 0 Å². The van der Waals surface area contributed by atoms with Crippen LogP contribution in [0.15, 0.2) is 24.3 Å². The van der Waals surface area contributed by atoms with Crippen LogP contribution in [0.2, 0.25) is 10.2 Å². The predicted octanol–water partition coefficient (Wildman–Crippen LogP) is 3.55. The second-order valence-electron chi connectivity index (χ2n) is 2.78. The van der Waals surface area contributed by atoms with Crippen molar-refractivity contribution in [3.8, 4) is 5.75 Å². The van der Waals surface area contributed by atoms with Gasteiger partial charge < -0.3 is 4.74 Å². The van der Waals surface area contributed by atoms with Gasteiger partial charge in [0.05, 0.1) is 17.6 Å². The van der Waals surface area contributed by atoms with Crippen LogP contribution in [0.25, 0.3) is 10.9 Å². The van der Waals surface area contributed by atoms with Gasteiger partial charge in [0.25, 0.3) is 0 Å². The Morgan fingerprint density at radius 3 is 2.64 bits per heavy atom. The Morgan fingerprint density at radius 2 is 1.93 bits per heavy atom. The molecule has 0 aliphatic rings. The van der Waals surface area contributed by atoms with Crippen LogP contribution < -0.4 is 4.74 Å². The van der Waals surface area contributed by atoms with Crippen molar-refractivity contribution in [2.24, 2.45) is 0 Å². The highest BCUT2D eigenvalue weighted by molar-refractivity contribution is 6.36. The minimum atomic E-state index is 0.424. The van der Waals surface area contributed by atoms with E-state index in [1.165, 1.54) is 0 Å². The molecule has 0 atom stereocenters. The highest BCUT2D eigenvalue weighted by atomic mass is 35.5. The molecule has 0 fully saturated rings. The first-order chi connectivity index (χ1) is 6.72. The van der Waals surface area contributed by atoms with E-state index in [2.05, 4.69) is 4.98 Å². The third-order valence-corrected chi connectivity index (χ3v) is 2.47. The molecule has 0 amide bonds. The van der Waals surface area contributed by atoms with E-state index in [9.17, 15) is 0 Å². The van der Waals surface area contributed by atoms with E-state index >= 15 is 0 Å².